The first-order chi connectivity index (χ1) is 7.23. The van der Waals surface area contributed by atoms with E-state index in [0.29, 0.717) is 0 Å². The van der Waals surface area contributed by atoms with Gasteiger partial charge in [-0.1, -0.05) is 11.6 Å². The fourth-order valence-electron chi connectivity index (χ4n) is 0.771. The van der Waals surface area contributed by atoms with Crippen LogP contribution in [0.2, 0.25) is 0 Å². The Morgan fingerprint density at radius 2 is 1.81 bits per heavy atom. The van der Waals surface area contributed by atoms with Gasteiger partial charge in [-0.25, -0.2) is 13.8 Å². The average Bonchev–Trinajstić information content (AvgIpc) is 2.17. The quantitative estimate of drug-likeness (QED) is 0.408. The maximum absolute atomic E-state index is 13.2. The predicted octanol–water partition coefficient (Wildman–Crippen LogP) is 4.56. The second kappa shape index (κ2) is 4.67. The van der Waals surface area contributed by atoms with Crippen molar-refractivity contribution < 1.29 is 22.0 Å². The minimum absolute atomic E-state index is 0.597. The van der Waals surface area contributed by atoms with Gasteiger partial charge in [-0.05, 0) is 28.1 Å². The molecule has 0 saturated carbocycles. The van der Waals surface area contributed by atoms with Gasteiger partial charge in [-0.15, -0.1) is 0 Å². The van der Waals surface area contributed by atoms with Crippen LogP contribution in [0.1, 0.15) is 0 Å². The molecule has 0 amide bonds. The second-order valence-electron chi connectivity index (χ2n) is 2.59. The van der Waals surface area contributed by atoms with Crippen molar-refractivity contribution in [2.75, 3.05) is 0 Å². The first-order valence-electron chi connectivity index (χ1n) is 3.68. The van der Waals surface area contributed by atoms with E-state index in [4.69, 9.17) is 11.6 Å². The van der Waals surface area contributed by atoms with Crippen molar-refractivity contribution in [1.29, 1.82) is 0 Å². The topological polar surface area (TPSA) is 12.4 Å². The predicted molar refractivity (Wildman–Crippen MR) is 53.1 cm³/mol. The zero-order valence-electron chi connectivity index (χ0n) is 7.25. The summed E-state index contributed by atoms with van der Waals surface area (Å²) in [4.78, 5) is 2.82. The third-order valence-electron chi connectivity index (χ3n) is 1.47. The summed E-state index contributed by atoms with van der Waals surface area (Å²) in [5.41, 5.74) is -0.699. The van der Waals surface area contributed by atoms with Gasteiger partial charge < -0.3 is 0 Å². The zero-order chi connectivity index (χ0) is 12.5. The van der Waals surface area contributed by atoms with Crippen molar-refractivity contribution in [3.8, 4) is 0 Å². The molecule has 0 radical (unpaired) electrons. The lowest BCUT2D eigenvalue weighted by atomic mass is 10.3. The lowest BCUT2D eigenvalue weighted by Gasteiger charge is -2.04. The second-order valence-corrected chi connectivity index (χ2v) is 3.75. The number of alkyl halides is 3. The van der Waals surface area contributed by atoms with Crippen LogP contribution in [0.25, 0.3) is 0 Å². The van der Waals surface area contributed by atoms with E-state index in [1.807, 2.05) is 0 Å². The Morgan fingerprint density at radius 3 is 2.31 bits per heavy atom. The smallest absolute Gasteiger partial charge is 0.229 e. The van der Waals surface area contributed by atoms with Crippen LogP contribution in [-0.2, 0) is 0 Å². The number of hydrogen-bond donors (Lipinski definition) is 0. The molecule has 0 spiro atoms. The summed E-state index contributed by atoms with van der Waals surface area (Å²) in [6.07, 6.45) is -4.87. The molecular weight excluding hydrogens is 320 g/mol. The van der Waals surface area contributed by atoms with Crippen molar-refractivity contribution in [1.82, 2.24) is 0 Å². The monoisotopic (exact) mass is 321 g/mol. The van der Waals surface area contributed by atoms with E-state index in [1.165, 1.54) is 0 Å². The highest BCUT2D eigenvalue weighted by Crippen LogP contribution is 2.30. The van der Waals surface area contributed by atoms with Crippen LogP contribution in [0.4, 0.5) is 27.6 Å². The molecule has 1 nitrogen and oxygen atoms in total. The third kappa shape index (κ3) is 2.91. The highest BCUT2D eigenvalue weighted by atomic mass is 79.9. The molecule has 1 aromatic rings. The van der Waals surface area contributed by atoms with Gasteiger partial charge in [0.05, 0.1) is 4.47 Å². The van der Waals surface area contributed by atoms with Crippen molar-refractivity contribution >= 4 is 38.4 Å². The normalized spacial score (nSPS) is 13.1. The van der Waals surface area contributed by atoms with E-state index in [9.17, 15) is 22.0 Å². The summed E-state index contributed by atoms with van der Waals surface area (Å²) in [7, 11) is 0. The molecule has 0 aliphatic heterocycles. The molecule has 0 N–H and O–H groups in total. The minimum Gasteiger partial charge on any atom is -0.229 e. The molecule has 1 aromatic carbocycles. The Morgan fingerprint density at radius 1 is 1.25 bits per heavy atom. The van der Waals surface area contributed by atoms with Crippen LogP contribution in [0.3, 0.4) is 0 Å². The Bertz CT molecular complexity index is 443. The van der Waals surface area contributed by atoms with Crippen LogP contribution in [-0.4, -0.2) is 11.3 Å². The highest BCUT2D eigenvalue weighted by molar-refractivity contribution is 9.10. The molecule has 88 valence electrons. The number of nitrogens with zero attached hydrogens (tertiary/aromatic N) is 1. The summed E-state index contributed by atoms with van der Waals surface area (Å²) < 4.78 is 61.3. The van der Waals surface area contributed by atoms with Gasteiger partial charge >= 0.3 is 6.18 Å². The van der Waals surface area contributed by atoms with E-state index in [2.05, 4.69) is 20.9 Å². The van der Waals surface area contributed by atoms with E-state index in [-0.39, 0.29) is 0 Å². The standard InChI is InChI=1S/C8H2BrClF5N/c9-5-3(11)1-2-4(6(5)12)16-7(10)8(13,14)15/h1-2H. The molecule has 0 atom stereocenters. The average molecular weight is 322 g/mol. The van der Waals surface area contributed by atoms with Gasteiger partial charge in [0.15, 0.2) is 5.82 Å². The summed E-state index contributed by atoms with van der Waals surface area (Å²) >= 11 is 7.33. The first kappa shape index (κ1) is 13.4. The van der Waals surface area contributed by atoms with Gasteiger partial charge in [0, 0.05) is 0 Å². The number of aliphatic imine (C=N–C) groups is 1. The van der Waals surface area contributed by atoms with Gasteiger partial charge in [0.25, 0.3) is 0 Å². The van der Waals surface area contributed by atoms with E-state index >= 15 is 0 Å². The molecule has 0 aliphatic rings. The maximum Gasteiger partial charge on any atom is 0.444 e. The van der Waals surface area contributed by atoms with Gasteiger partial charge in [-0.2, -0.15) is 13.2 Å². The molecule has 0 heterocycles. The van der Waals surface area contributed by atoms with Gasteiger partial charge in [0.2, 0.25) is 5.17 Å². The van der Waals surface area contributed by atoms with Crippen LogP contribution in [0, 0.1) is 11.6 Å². The molecule has 0 saturated heterocycles. The van der Waals surface area contributed by atoms with Crippen molar-refractivity contribution in [3.63, 3.8) is 0 Å². The van der Waals surface area contributed by atoms with Crippen LogP contribution >= 0.6 is 27.5 Å². The maximum atomic E-state index is 13.2. The van der Waals surface area contributed by atoms with E-state index in [1.54, 1.807) is 0 Å². The SMILES string of the molecule is Fc1ccc(N=C(Cl)C(F)(F)F)c(F)c1Br. The Labute approximate surface area is 100 Å². The van der Waals surface area contributed by atoms with Gasteiger partial charge in [-0.3, -0.25) is 0 Å². The lowest BCUT2D eigenvalue weighted by Crippen LogP contribution is -2.16. The van der Waals surface area contributed by atoms with Crippen LogP contribution in [0.5, 0.6) is 0 Å². The van der Waals surface area contributed by atoms with Gasteiger partial charge in [0.1, 0.15) is 11.5 Å². The molecule has 1 rings (SSSR count). The molecule has 0 unspecified atom stereocenters. The van der Waals surface area contributed by atoms with Crippen LogP contribution < -0.4 is 0 Å². The number of halogens is 7. The number of benzene rings is 1. The summed E-state index contributed by atoms with van der Waals surface area (Å²) in [6.45, 7) is 0. The Hall–Kier alpha value is -0.690. The fourth-order valence-corrected chi connectivity index (χ4v) is 1.20. The Balaban J connectivity index is 3.22. The molecule has 16 heavy (non-hydrogen) atoms. The molecular formula is C8H2BrClF5N. The third-order valence-corrected chi connectivity index (χ3v) is 2.49. The van der Waals surface area contributed by atoms with Crippen molar-refractivity contribution in [2.24, 2.45) is 4.99 Å². The molecule has 8 heteroatoms. The van der Waals surface area contributed by atoms with E-state index < -0.39 is 33.1 Å². The number of rotatable bonds is 1. The summed E-state index contributed by atoms with van der Waals surface area (Å²) in [5, 5.41) is -1.73. The highest BCUT2D eigenvalue weighted by Gasteiger charge is 2.34. The first-order valence-corrected chi connectivity index (χ1v) is 4.85. The Kier molecular flexibility index (Phi) is 3.90. The summed E-state index contributed by atoms with van der Waals surface area (Å²) in [5.74, 6) is -2.19. The van der Waals surface area contributed by atoms with E-state index in [0.717, 1.165) is 12.1 Å². The van der Waals surface area contributed by atoms with Crippen molar-refractivity contribution in [2.45, 2.75) is 6.18 Å². The molecule has 0 aromatic heterocycles. The molecule has 0 bridgehead atoms. The lowest BCUT2D eigenvalue weighted by molar-refractivity contribution is -0.0558. The molecule has 0 aliphatic carbocycles. The zero-order valence-corrected chi connectivity index (χ0v) is 9.59. The molecule has 0 fully saturated rings. The number of hydrogen-bond acceptors (Lipinski definition) is 1. The van der Waals surface area contributed by atoms with Crippen LogP contribution in [0.15, 0.2) is 21.6 Å². The largest absolute Gasteiger partial charge is 0.444 e. The fraction of sp³-hybridized carbons (Fsp3) is 0.125. The van der Waals surface area contributed by atoms with Crippen molar-refractivity contribution in [3.05, 3.63) is 28.2 Å². The minimum atomic E-state index is -4.87. The summed E-state index contributed by atoms with van der Waals surface area (Å²) in [6, 6.07) is 1.52.